The normalized spacial score (nSPS) is 16.5. The first-order chi connectivity index (χ1) is 8.33. The van der Waals surface area contributed by atoms with Crippen LogP contribution in [0.2, 0.25) is 0 Å². The fraction of sp³-hybridized carbons (Fsp3) is 0.545. The van der Waals surface area contributed by atoms with Crippen molar-refractivity contribution in [1.29, 1.82) is 5.26 Å². The van der Waals surface area contributed by atoms with Gasteiger partial charge in [0.15, 0.2) is 5.16 Å². The number of hydrogen-bond acceptors (Lipinski definition) is 6. The summed E-state index contributed by atoms with van der Waals surface area (Å²) >= 11 is 1.43. The van der Waals surface area contributed by atoms with Crippen molar-refractivity contribution in [3.8, 4) is 11.9 Å². The van der Waals surface area contributed by atoms with E-state index >= 15 is 0 Å². The van der Waals surface area contributed by atoms with Gasteiger partial charge in [-0.25, -0.2) is 4.98 Å². The van der Waals surface area contributed by atoms with Gasteiger partial charge in [-0.15, -0.1) is 0 Å². The standard InChI is InChI=1S/C11H13N3O2S/c1-17-11-13-7-8(6-12)10(14-11)16-9-2-4-15-5-3-9/h7,9H,2-5H2,1H3. The molecule has 0 bridgehead atoms. The largest absolute Gasteiger partial charge is 0.473 e. The van der Waals surface area contributed by atoms with Crippen LogP contribution in [-0.4, -0.2) is 35.5 Å². The highest BCUT2D eigenvalue weighted by atomic mass is 32.2. The summed E-state index contributed by atoms with van der Waals surface area (Å²) in [5.74, 6) is 0.388. The van der Waals surface area contributed by atoms with Gasteiger partial charge in [0.25, 0.3) is 0 Å². The highest BCUT2D eigenvalue weighted by molar-refractivity contribution is 7.98. The molecule has 1 aromatic rings. The lowest BCUT2D eigenvalue weighted by Gasteiger charge is -2.23. The quantitative estimate of drug-likeness (QED) is 0.600. The molecule has 0 unspecified atom stereocenters. The van der Waals surface area contributed by atoms with Crippen molar-refractivity contribution >= 4 is 11.8 Å². The summed E-state index contributed by atoms with van der Waals surface area (Å²) in [5, 5.41) is 9.59. The summed E-state index contributed by atoms with van der Waals surface area (Å²) in [5.41, 5.74) is 0.384. The second-order valence-electron chi connectivity index (χ2n) is 3.62. The Morgan fingerprint density at radius 3 is 2.94 bits per heavy atom. The summed E-state index contributed by atoms with van der Waals surface area (Å²) in [6.45, 7) is 1.40. The van der Waals surface area contributed by atoms with Crippen molar-refractivity contribution in [3.05, 3.63) is 11.8 Å². The molecule has 1 aliphatic heterocycles. The molecule has 0 radical (unpaired) electrons. The molecule has 0 N–H and O–H groups in total. The van der Waals surface area contributed by atoms with Crippen LogP contribution >= 0.6 is 11.8 Å². The molecule has 6 heteroatoms. The van der Waals surface area contributed by atoms with E-state index in [0.29, 0.717) is 29.8 Å². The molecule has 0 saturated carbocycles. The van der Waals surface area contributed by atoms with Crippen LogP contribution in [0.5, 0.6) is 5.88 Å². The summed E-state index contributed by atoms with van der Waals surface area (Å²) < 4.78 is 11.0. The Morgan fingerprint density at radius 1 is 1.53 bits per heavy atom. The van der Waals surface area contributed by atoms with E-state index in [1.807, 2.05) is 12.3 Å². The van der Waals surface area contributed by atoms with Crippen LogP contribution in [0.4, 0.5) is 0 Å². The van der Waals surface area contributed by atoms with Gasteiger partial charge in [-0.1, -0.05) is 11.8 Å². The molecule has 1 fully saturated rings. The van der Waals surface area contributed by atoms with Crippen LogP contribution in [0, 0.1) is 11.3 Å². The van der Waals surface area contributed by atoms with Gasteiger partial charge in [-0.3, -0.25) is 0 Å². The molecule has 1 saturated heterocycles. The molecule has 17 heavy (non-hydrogen) atoms. The highest BCUT2D eigenvalue weighted by Crippen LogP contribution is 2.21. The van der Waals surface area contributed by atoms with Crippen LogP contribution in [0.25, 0.3) is 0 Å². The maximum atomic E-state index is 8.97. The molecule has 0 spiro atoms. The third-order valence-corrected chi connectivity index (χ3v) is 3.04. The van der Waals surface area contributed by atoms with Crippen LogP contribution in [0.3, 0.4) is 0 Å². The molecule has 1 aromatic heterocycles. The van der Waals surface area contributed by atoms with Gasteiger partial charge in [0.2, 0.25) is 5.88 Å². The lowest BCUT2D eigenvalue weighted by Crippen LogP contribution is -2.26. The van der Waals surface area contributed by atoms with E-state index in [-0.39, 0.29) is 6.10 Å². The molecule has 90 valence electrons. The SMILES string of the molecule is CSc1ncc(C#N)c(OC2CCOCC2)n1. The van der Waals surface area contributed by atoms with Crippen LogP contribution < -0.4 is 4.74 Å². The number of ether oxygens (including phenoxy) is 2. The topological polar surface area (TPSA) is 68.0 Å². The molecule has 0 amide bonds. The van der Waals surface area contributed by atoms with Crippen molar-refractivity contribution in [2.75, 3.05) is 19.5 Å². The fourth-order valence-corrected chi connectivity index (χ4v) is 1.90. The molecule has 2 heterocycles. The molecule has 2 rings (SSSR count). The molecular formula is C11H13N3O2S. The monoisotopic (exact) mass is 251 g/mol. The van der Waals surface area contributed by atoms with Crippen molar-refractivity contribution < 1.29 is 9.47 Å². The lowest BCUT2D eigenvalue weighted by atomic mass is 10.1. The van der Waals surface area contributed by atoms with Gasteiger partial charge in [0, 0.05) is 12.8 Å². The Labute approximate surface area is 104 Å². The summed E-state index contributed by atoms with van der Waals surface area (Å²) in [6, 6.07) is 2.05. The van der Waals surface area contributed by atoms with Gasteiger partial charge < -0.3 is 9.47 Å². The lowest BCUT2D eigenvalue weighted by molar-refractivity contribution is 0.0233. The Kier molecular flexibility index (Phi) is 4.18. The predicted octanol–water partition coefficient (Wildman–Crippen LogP) is 1.63. The minimum absolute atomic E-state index is 0.0838. The van der Waals surface area contributed by atoms with Gasteiger partial charge in [0.05, 0.1) is 19.4 Å². The molecular weight excluding hydrogens is 238 g/mol. The summed E-state index contributed by atoms with van der Waals surface area (Å²) in [7, 11) is 0. The van der Waals surface area contributed by atoms with Crippen molar-refractivity contribution in [1.82, 2.24) is 9.97 Å². The Bertz CT molecular complexity index is 427. The maximum Gasteiger partial charge on any atom is 0.236 e. The first kappa shape index (κ1) is 12.1. The molecule has 5 nitrogen and oxygen atoms in total. The summed E-state index contributed by atoms with van der Waals surface area (Å²) in [4.78, 5) is 8.27. The summed E-state index contributed by atoms with van der Waals surface area (Å²) in [6.07, 6.45) is 5.15. The zero-order chi connectivity index (χ0) is 12.1. The van der Waals surface area contributed by atoms with E-state index in [0.717, 1.165) is 12.8 Å². The van der Waals surface area contributed by atoms with E-state index in [2.05, 4.69) is 9.97 Å². The zero-order valence-corrected chi connectivity index (χ0v) is 10.4. The number of nitrogens with zero attached hydrogens (tertiary/aromatic N) is 3. The van der Waals surface area contributed by atoms with Crippen molar-refractivity contribution in [2.45, 2.75) is 24.1 Å². The Morgan fingerprint density at radius 2 is 2.29 bits per heavy atom. The second-order valence-corrected chi connectivity index (χ2v) is 4.39. The molecule has 0 aromatic carbocycles. The Hall–Kier alpha value is -1.32. The van der Waals surface area contributed by atoms with Crippen LogP contribution in [-0.2, 0) is 4.74 Å². The third-order valence-electron chi connectivity index (χ3n) is 2.48. The van der Waals surface area contributed by atoms with E-state index in [9.17, 15) is 0 Å². The van der Waals surface area contributed by atoms with Gasteiger partial charge >= 0.3 is 0 Å². The average molecular weight is 251 g/mol. The minimum atomic E-state index is 0.0838. The smallest absolute Gasteiger partial charge is 0.236 e. The predicted molar refractivity (Wildman–Crippen MR) is 63.0 cm³/mol. The van der Waals surface area contributed by atoms with Gasteiger partial charge in [0.1, 0.15) is 17.7 Å². The van der Waals surface area contributed by atoms with E-state index < -0.39 is 0 Å². The van der Waals surface area contributed by atoms with E-state index in [1.54, 1.807) is 0 Å². The number of rotatable bonds is 3. The Balaban J connectivity index is 2.14. The third kappa shape index (κ3) is 3.08. The number of thioether (sulfide) groups is 1. The second kappa shape index (κ2) is 5.84. The molecule has 1 aliphatic rings. The average Bonchev–Trinajstić information content (AvgIpc) is 2.40. The number of nitriles is 1. The fourth-order valence-electron chi connectivity index (χ4n) is 1.57. The van der Waals surface area contributed by atoms with Crippen molar-refractivity contribution in [3.63, 3.8) is 0 Å². The van der Waals surface area contributed by atoms with Crippen LogP contribution in [0.1, 0.15) is 18.4 Å². The first-order valence-electron chi connectivity index (χ1n) is 5.39. The van der Waals surface area contributed by atoms with E-state index in [4.69, 9.17) is 14.7 Å². The van der Waals surface area contributed by atoms with Gasteiger partial charge in [-0.2, -0.15) is 10.2 Å². The van der Waals surface area contributed by atoms with Crippen LogP contribution in [0.15, 0.2) is 11.4 Å². The van der Waals surface area contributed by atoms with Crippen molar-refractivity contribution in [2.24, 2.45) is 0 Å². The number of hydrogen-bond donors (Lipinski definition) is 0. The van der Waals surface area contributed by atoms with E-state index in [1.165, 1.54) is 18.0 Å². The molecule has 0 atom stereocenters. The first-order valence-corrected chi connectivity index (χ1v) is 6.61. The maximum absolute atomic E-state index is 8.97. The minimum Gasteiger partial charge on any atom is -0.473 e. The highest BCUT2D eigenvalue weighted by Gasteiger charge is 2.18. The molecule has 0 aliphatic carbocycles. The zero-order valence-electron chi connectivity index (χ0n) is 9.55. The number of aromatic nitrogens is 2. The van der Waals surface area contributed by atoms with Gasteiger partial charge in [-0.05, 0) is 6.26 Å².